The van der Waals surface area contributed by atoms with Crippen molar-refractivity contribution in [3.05, 3.63) is 56.3 Å². The highest BCUT2D eigenvalue weighted by molar-refractivity contribution is 7.17. The van der Waals surface area contributed by atoms with Gasteiger partial charge in [-0.15, -0.1) is 11.3 Å². The Labute approximate surface area is 180 Å². The largest absolute Gasteiger partial charge is 0.476 e. The van der Waals surface area contributed by atoms with Gasteiger partial charge in [0.25, 0.3) is 5.56 Å². The molecule has 0 fully saturated rings. The van der Waals surface area contributed by atoms with E-state index in [0.717, 1.165) is 34.4 Å². The SMILES string of the molecule is CCOC(=O)c1c(NC(=O)Cn2nc(C(=O)O)c3ccccc3c2=O)sc2c1CCC2. The van der Waals surface area contributed by atoms with Crippen LogP contribution in [-0.4, -0.2) is 39.3 Å². The molecule has 160 valence electrons. The Balaban J connectivity index is 1.66. The van der Waals surface area contributed by atoms with Gasteiger partial charge in [-0.2, -0.15) is 5.10 Å². The van der Waals surface area contributed by atoms with Gasteiger partial charge in [0.1, 0.15) is 11.5 Å². The molecular weight excluding hydrogens is 422 g/mol. The van der Waals surface area contributed by atoms with E-state index in [1.54, 1.807) is 19.1 Å². The molecule has 0 radical (unpaired) electrons. The molecule has 1 amide bonds. The molecule has 2 N–H and O–H groups in total. The molecule has 0 unspecified atom stereocenters. The molecule has 0 spiro atoms. The van der Waals surface area contributed by atoms with Crippen LogP contribution in [0.3, 0.4) is 0 Å². The predicted octanol–water partition coefficient (Wildman–Crippen LogP) is 2.46. The van der Waals surface area contributed by atoms with Crippen molar-refractivity contribution in [2.24, 2.45) is 0 Å². The number of aromatic nitrogens is 2. The minimum Gasteiger partial charge on any atom is -0.476 e. The average Bonchev–Trinajstić information content (AvgIpc) is 3.30. The highest BCUT2D eigenvalue weighted by Crippen LogP contribution is 2.39. The number of carbonyl (C=O) groups is 3. The van der Waals surface area contributed by atoms with Gasteiger partial charge in [-0.25, -0.2) is 14.3 Å². The Morgan fingerprint density at radius 2 is 1.97 bits per heavy atom. The van der Waals surface area contributed by atoms with Crippen molar-refractivity contribution < 1.29 is 24.2 Å². The molecule has 2 heterocycles. The molecular formula is C21H19N3O6S. The molecule has 0 saturated carbocycles. The van der Waals surface area contributed by atoms with Gasteiger partial charge in [0.05, 0.1) is 17.6 Å². The minimum absolute atomic E-state index is 0.157. The summed E-state index contributed by atoms with van der Waals surface area (Å²) in [6, 6.07) is 6.21. The van der Waals surface area contributed by atoms with Gasteiger partial charge in [-0.1, -0.05) is 18.2 Å². The van der Waals surface area contributed by atoms with Crippen molar-refractivity contribution >= 4 is 45.0 Å². The van der Waals surface area contributed by atoms with Crippen molar-refractivity contribution in [3.8, 4) is 0 Å². The highest BCUT2D eigenvalue weighted by atomic mass is 32.1. The lowest BCUT2D eigenvalue weighted by atomic mass is 10.1. The smallest absolute Gasteiger partial charge is 0.357 e. The number of nitrogens with one attached hydrogen (secondary N) is 1. The maximum atomic E-state index is 12.7. The molecule has 9 nitrogen and oxygen atoms in total. The zero-order valence-corrected chi connectivity index (χ0v) is 17.5. The summed E-state index contributed by atoms with van der Waals surface area (Å²) in [5, 5.41) is 16.7. The molecule has 0 bridgehead atoms. The van der Waals surface area contributed by atoms with Crippen LogP contribution >= 0.6 is 11.3 Å². The number of esters is 1. The average molecular weight is 441 g/mol. The third kappa shape index (κ3) is 3.81. The van der Waals surface area contributed by atoms with Crippen LogP contribution in [0.2, 0.25) is 0 Å². The van der Waals surface area contributed by atoms with Crippen molar-refractivity contribution in [1.82, 2.24) is 9.78 Å². The summed E-state index contributed by atoms with van der Waals surface area (Å²) >= 11 is 1.32. The number of thiophene rings is 1. The minimum atomic E-state index is -1.30. The van der Waals surface area contributed by atoms with E-state index in [0.29, 0.717) is 10.6 Å². The number of aromatic carboxylic acids is 1. The van der Waals surface area contributed by atoms with E-state index in [1.165, 1.54) is 23.5 Å². The Morgan fingerprint density at radius 3 is 2.68 bits per heavy atom. The number of hydrogen-bond donors (Lipinski definition) is 2. The summed E-state index contributed by atoms with van der Waals surface area (Å²) in [6.45, 7) is 1.43. The number of aryl methyl sites for hydroxylation is 1. The first-order valence-corrected chi connectivity index (χ1v) is 10.6. The first-order chi connectivity index (χ1) is 14.9. The standard InChI is InChI=1S/C21H19N3O6S/c1-2-30-21(29)16-13-8-5-9-14(13)31-18(16)22-15(25)10-24-19(26)12-7-4-3-6-11(12)17(23-24)20(27)28/h3-4,6-7H,2,5,8-10H2,1H3,(H,22,25)(H,27,28). The van der Waals surface area contributed by atoms with Crippen LogP contribution in [0.4, 0.5) is 5.00 Å². The summed E-state index contributed by atoms with van der Waals surface area (Å²) in [5.74, 6) is -2.39. The Kier molecular flexibility index (Phi) is 5.55. The first kappa shape index (κ1) is 20.7. The number of ether oxygens (including phenoxy) is 1. The van der Waals surface area contributed by atoms with Crippen LogP contribution in [0.15, 0.2) is 29.1 Å². The normalized spacial score (nSPS) is 12.5. The Bertz CT molecular complexity index is 1280. The third-order valence-electron chi connectivity index (χ3n) is 5.02. The zero-order valence-electron chi connectivity index (χ0n) is 16.6. The van der Waals surface area contributed by atoms with Crippen LogP contribution in [0, 0.1) is 0 Å². The number of carboxylic acid groups (broad SMARTS) is 1. The van der Waals surface area contributed by atoms with Crippen molar-refractivity contribution in [2.75, 3.05) is 11.9 Å². The van der Waals surface area contributed by atoms with E-state index in [2.05, 4.69) is 10.4 Å². The second-order valence-electron chi connectivity index (χ2n) is 6.99. The van der Waals surface area contributed by atoms with Gasteiger partial charge < -0.3 is 15.2 Å². The maximum absolute atomic E-state index is 12.7. The van der Waals surface area contributed by atoms with Crippen LogP contribution in [0.25, 0.3) is 10.8 Å². The molecule has 0 aliphatic heterocycles. The summed E-state index contributed by atoms with van der Waals surface area (Å²) in [5.41, 5.74) is 0.367. The number of amides is 1. The summed E-state index contributed by atoms with van der Waals surface area (Å²) in [6.07, 6.45) is 2.51. The Morgan fingerprint density at radius 1 is 1.23 bits per heavy atom. The van der Waals surface area contributed by atoms with E-state index >= 15 is 0 Å². The van der Waals surface area contributed by atoms with Gasteiger partial charge in [0.2, 0.25) is 5.91 Å². The van der Waals surface area contributed by atoms with E-state index in [9.17, 15) is 24.3 Å². The molecule has 1 aromatic carbocycles. The number of anilines is 1. The lowest BCUT2D eigenvalue weighted by molar-refractivity contribution is -0.117. The fourth-order valence-corrected chi connectivity index (χ4v) is 5.01. The lowest BCUT2D eigenvalue weighted by Gasteiger charge is -2.10. The molecule has 0 saturated heterocycles. The van der Waals surface area contributed by atoms with Gasteiger partial charge in [0.15, 0.2) is 5.69 Å². The molecule has 3 aromatic rings. The fourth-order valence-electron chi connectivity index (χ4n) is 3.71. The van der Waals surface area contributed by atoms with Crippen LogP contribution in [0.5, 0.6) is 0 Å². The number of benzene rings is 1. The number of hydrogen-bond acceptors (Lipinski definition) is 7. The van der Waals surface area contributed by atoms with Gasteiger partial charge in [-0.3, -0.25) is 9.59 Å². The second-order valence-corrected chi connectivity index (χ2v) is 8.10. The van der Waals surface area contributed by atoms with Crippen LogP contribution < -0.4 is 10.9 Å². The third-order valence-corrected chi connectivity index (χ3v) is 6.22. The number of rotatable bonds is 6. The Hall–Kier alpha value is -3.53. The van der Waals surface area contributed by atoms with Crippen LogP contribution in [-0.2, 0) is 28.9 Å². The van der Waals surface area contributed by atoms with Gasteiger partial charge in [0, 0.05) is 10.3 Å². The van der Waals surface area contributed by atoms with E-state index in [1.807, 2.05) is 0 Å². The predicted molar refractivity (Wildman–Crippen MR) is 114 cm³/mol. The number of fused-ring (bicyclic) bond motifs is 2. The molecule has 2 aromatic heterocycles. The monoisotopic (exact) mass is 441 g/mol. The zero-order chi connectivity index (χ0) is 22.1. The summed E-state index contributed by atoms with van der Waals surface area (Å²) in [7, 11) is 0. The summed E-state index contributed by atoms with van der Waals surface area (Å²) in [4.78, 5) is 50.5. The van der Waals surface area contributed by atoms with Crippen molar-refractivity contribution in [3.63, 3.8) is 0 Å². The van der Waals surface area contributed by atoms with E-state index < -0.39 is 29.9 Å². The van der Waals surface area contributed by atoms with Crippen molar-refractivity contribution in [1.29, 1.82) is 0 Å². The fraction of sp³-hybridized carbons (Fsp3) is 0.286. The second kappa shape index (κ2) is 8.31. The van der Waals surface area contributed by atoms with Gasteiger partial charge in [-0.05, 0) is 37.8 Å². The molecule has 0 atom stereocenters. The van der Waals surface area contributed by atoms with E-state index in [-0.39, 0.29) is 23.1 Å². The molecule has 1 aliphatic carbocycles. The number of carbonyl (C=O) groups excluding carboxylic acids is 2. The number of nitrogens with zero attached hydrogens (tertiary/aromatic N) is 2. The molecule has 10 heteroatoms. The molecule has 1 aliphatic rings. The highest BCUT2D eigenvalue weighted by Gasteiger charge is 2.28. The molecule has 31 heavy (non-hydrogen) atoms. The maximum Gasteiger partial charge on any atom is 0.357 e. The summed E-state index contributed by atoms with van der Waals surface area (Å²) < 4.78 is 5.97. The van der Waals surface area contributed by atoms with Crippen LogP contribution in [0.1, 0.15) is 44.6 Å². The topological polar surface area (TPSA) is 128 Å². The van der Waals surface area contributed by atoms with Gasteiger partial charge >= 0.3 is 11.9 Å². The molecule has 4 rings (SSSR count). The number of carboxylic acids is 1. The lowest BCUT2D eigenvalue weighted by Crippen LogP contribution is -2.31. The first-order valence-electron chi connectivity index (χ1n) is 9.75. The van der Waals surface area contributed by atoms with Crippen molar-refractivity contribution in [2.45, 2.75) is 32.7 Å². The van der Waals surface area contributed by atoms with E-state index in [4.69, 9.17) is 4.74 Å². The quantitative estimate of drug-likeness (QED) is 0.563.